The van der Waals surface area contributed by atoms with Gasteiger partial charge in [0.2, 0.25) is 5.96 Å². The molecule has 0 aliphatic carbocycles. The van der Waals surface area contributed by atoms with Gasteiger partial charge >= 0.3 is 0 Å². The number of aromatic nitrogens is 2. The van der Waals surface area contributed by atoms with Gasteiger partial charge in [0.1, 0.15) is 0 Å². The molecule has 0 saturated heterocycles. The Kier molecular flexibility index (Phi) is 4.11. The van der Waals surface area contributed by atoms with Crippen LogP contribution in [0.4, 0.5) is 0 Å². The number of nitrogens with one attached hydrogen (secondary N) is 3. The van der Waals surface area contributed by atoms with Gasteiger partial charge in [0.15, 0.2) is 0 Å². The molecule has 0 saturated carbocycles. The molecule has 1 unspecified atom stereocenters. The number of hydrogen-bond donors (Lipinski definition) is 4. The van der Waals surface area contributed by atoms with Crippen molar-refractivity contribution in [1.29, 1.82) is 0 Å². The summed E-state index contributed by atoms with van der Waals surface area (Å²) in [5.41, 5.74) is 3.56. The molecule has 15 heavy (non-hydrogen) atoms. The Hall–Kier alpha value is -1.56. The van der Waals surface area contributed by atoms with E-state index in [4.69, 9.17) is 5.84 Å². The maximum Gasteiger partial charge on any atom is 0.206 e. The van der Waals surface area contributed by atoms with Crippen molar-refractivity contribution in [1.82, 2.24) is 20.9 Å². The van der Waals surface area contributed by atoms with E-state index in [0.29, 0.717) is 5.96 Å². The zero-order valence-corrected chi connectivity index (χ0v) is 9.28. The van der Waals surface area contributed by atoms with Crippen molar-refractivity contribution < 1.29 is 0 Å². The maximum absolute atomic E-state index is 5.36. The number of aromatic amines is 1. The van der Waals surface area contributed by atoms with Gasteiger partial charge in [-0.15, -0.1) is 0 Å². The van der Waals surface area contributed by atoms with Crippen molar-refractivity contribution in [3.8, 4) is 0 Å². The molecule has 0 radical (unpaired) electrons. The van der Waals surface area contributed by atoms with Crippen LogP contribution in [-0.4, -0.2) is 22.2 Å². The van der Waals surface area contributed by atoms with Crippen molar-refractivity contribution >= 4 is 5.96 Å². The highest BCUT2D eigenvalue weighted by Crippen LogP contribution is 2.13. The minimum Gasteiger partial charge on any atom is -0.353 e. The summed E-state index contributed by atoms with van der Waals surface area (Å²) < 4.78 is 0. The second kappa shape index (κ2) is 5.35. The van der Waals surface area contributed by atoms with Gasteiger partial charge in [0.25, 0.3) is 0 Å². The van der Waals surface area contributed by atoms with Crippen molar-refractivity contribution in [3.63, 3.8) is 0 Å². The molecule has 1 heterocycles. The molecule has 1 aromatic heterocycles. The minimum absolute atomic E-state index is 0.0149. The molecule has 6 heteroatoms. The third-order valence-electron chi connectivity index (χ3n) is 1.89. The van der Waals surface area contributed by atoms with Gasteiger partial charge in [-0.3, -0.25) is 10.5 Å². The van der Waals surface area contributed by atoms with E-state index in [1.165, 1.54) is 0 Å². The number of aliphatic imine (C=N–C) groups is 1. The van der Waals surface area contributed by atoms with Crippen molar-refractivity contribution in [2.24, 2.45) is 10.8 Å². The highest BCUT2D eigenvalue weighted by Gasteiger charge is 2.06. The molecule has 5 N–H and O–H groups in total. The molecule has 1 rings (SSSR count). The summed E-state index contributed by atoms with van der Waals surface area (Å²) in [7, 11) is 0. The third-order valence-corrected chi connectivity index (χ3v) is 1.89. The Morgan fingerprint density at radius 1 is 1.53 bits per heavy atom. The van der Waals surface area contributed by atoms with Crippen LogP contribution in [0.2, 0.25) is 0 Å². The summed E-state index contributed by atoms with van der Waals surface area (Å²) in [6.07, 6.45) is 3.56. The first-order chi connectivity index (χ1) is 7.13. The highest BCUT2D eigenvalue weighted by atomic mass is 15.3. The van der Waals surface area contributed by atoms with E-state index in [1.807, 2.05) is 27.0 Å². The van der Waals surface area contributed by atoms with Crippen LogP contribution in [0, 0.1) is 0 Å². The Morgan fingerprint density at radius 3 is 2.73 bits per heavy atom. The standard InChI is InChI=1S/C9H18N6/c1-6(2)13-9(15-10)14-7(3)8-4-11-12-5-8/h4-7H,10H2,1-3H3,(H,11,12)(H2,13,14,15). The van der Waals surface area contributed by atoms with Crippen LogP contribution in [0.25, 0.3) is 0 Å². The average molecular weight is 210 g/mol. The molecule has 0 aliphatic rings. The summed E-state index contributed by atoms with van der Waals surface area (Å²) in [6.45, 7) is 6.02. The summed E-state index contributed by atoms with van der Waals surface area (Å²) in [5.74, 6) is 5.94. The quantitative estimate of drug-likeness (QED) is 0.250. The largest absolute Gasteiger partial charge is 0.353 e. The van der Waals surface area contributed by atoms with Crippen LogP contribution in [-0.2, 0) is 0 Å². The predicted molar refractivity (Wildman–Crippen MR) is 60.0 cm³/mol. The summed E-state index contributed by atoms with van der Waals surface area (Å²) >= 11 is 0. The lowest BCUT2D eigenvalue weighted by Crippen LogP contribution is -2.44. The van der Waals surface area contributed by atoms with E-state index < -0.39 is 0 Å². The van der Waals surface area contributed by atoms with E-state index in [1.54, 1.807) is 6.20 Å². The van der Waals surface area contributed by atoms with Gasteiger partial charge in [0.05, 0.1) is 12.2 Å². The van der Waals surface area contributed by atoms with Gasteiger partial charge in [-0.2, -0.15) is 5.10 Å². The average Bonchev–Trinajstić information content (AvgIpc) is 2.68. The van der Waals surface area contributed by atoms with Gasteiger partial charge in [-0.25, -0.2) is 10.8 Å². The number of guanidine groups is 1. The molecule has 0 amide bonds. The summed E-state index contributed by atoms with van der Waals surface area (Å²) in [4.78, 5) is 4.39. The van der Waals surface area contributed by atoms with Crippen LogP contribution in [0.1, 0.15) is 32.4 Å². The smallest absolute Gasteiger partial charge is 0.206 e. The third kappa shape index (κ3) is 3.59. The summed E-state index contributed by atoms with van der Waals surface area (Å²) in [5, 5.41) is 9.73. The van der Waals surface area contributed by atoms with Crippen LogP contribution in [0.15, 0.2) is 17.4 Å². The Labute approximate surface area is 89.3 Å². The number of H-pyrrole nitrogens is 1. The molecule has 1 aromatic rings. The van der Waals surface area contributed by atoms with Crippen molar-refractivity contribution in [2.45, 2.75) is 32.9 Å². The topological polar surface area (TPSA) is 91.1 Å². The van der Waals surface area contributed by atoms with Crippen molar-refractivity contribution in [2.75, 3.05) is 0 Å². The molecule has 0 aliphatic heterocycles. The molecular weight excluding hydrogens is 192 g/mol. The fourth-order valence-corrected chi connectivity index (χ4v) is 1.15. The molecule has 84 valence electrons. The molecule has 0 fully saturated rings. The molecule has 0 bridgehead atoms. The first kappa shape index (κ1) is 11.5. The maximum atomic E-state index is 5.36. The Bertz CT molecular complexity index is 302. The molecule has 1 atom stereocenters. The number of rotatable bonds is 3. The first-order valence-corrected chi connectivity index (χ1v) is 4.93. The highest BCUT2D eigenvalue weighted by molar-refractivity contribution is 5.79. The molecular formula is C9H18N6. The van der Waals surface area contributed by atoms with Crippen LogP contribution < -0.4 is 16.6 Å². The van der Waals surface area contributed by atoms with Gasteiger partial charge in [0, 0.05) is 17.8 Å². The van der Waals surface area contributed by atoms with E-state index in [9.17, 15) is 0 Å². The fourth-order valence-electron chi connectivity index (χ4n) is 1.15. The SMILES string of the molecule is CC(C)NC(=NC(C)c1cn[nH]c1)NN. The monoisotopic (exact) mass is 210 g/mol. The second-order valence-electron chi connectivity index (χ2n) is 3.63. The van der Waals surface area contributed by atoms with Crippen LogP contribution in [0.5, 0.6) is 0 Å². The normalized spacial score (nSPS) is 14.1. The lowest BCUT2D eigenvalue weighted by Gasteiger charge is -2.14. The van der Waals surface area contributed by atoms with E-state index in [0.717, 1.165) is 5.56 Å². The van der Waals surface area contributed by atoms with E-state index >= 15 is 0 Å². The lowest BCUT2D eigenvalue weighted by molar-refractivity contribution is 0.688. The molecule has 0 spiro atoms. The second-order valence-corrected chi connectivity index (χ2v) is 3.63. The van der Waals surface area contributed by atoms with Crippen LogP contribution in [0.3, 0.4) is 0 Å². The van der Waals surface area contributed by atoms with Gasteiger partial charge < -0.3 is 5.32 Å². The Balaban J connectivity index is 2.66. The zero-order valence-electron chi connectivity index (χ0n) is 9.28. The lowest BCUT2D eigenvalue weighted by atomic mass is 10.2. The minimum atomic E-state index is 0.0149. The first-order valence-electron chi connectivity index (χ1n) is 4.93. The number of hydrazine groups is 1. The molecule has 6 nitrogen and oxygen atoms in total. The van der Waals surface area contributed by atoms with E-state index in [2.05, 4.69) is 25.9 Å². The molecule has 0 aromatic carbocycles. The van der Waals surface area contributed by atoms with Crippen molar-refractivity contribution in [3.05, 3.63) is 18.0 Å². The summed E-state index contributed by atoms with van der Waals surface area (Å²) in [6, 6.07) is 0.303. The van der Waals surface area contributed by atoms with Gasteiger partial charge in [-0.1, -0.05) is 0 Å². The van der Waals surface area contributed by atoms with E-state index in [-0.39, 0.29) is 12.1 Å². The zero-order chi connectivity index (χ0) is 11.3. The van der Waals surface area contributed by atoms with Gasteiger partial charge in [-0.05, 0) is 20.8 Å². The number of nitrogens with two attached hydrogens (primary N) is 1. The number of nitrogens with zero attached hydrogens (tertiary/aromatic N) is 2. The van der Waals surface area contributed by atoms with Crippen LogP contribution >= 0.6 is 0 Å². The predicted octanol–water partition coefficient (Wildman–Crippen LogP) is 0.288. The fraction of sp³-hybridized carbons (Fsp3) is 0.556. The Morgan fingerprint density at radius 2 is 2.27 bits per heavy atom. The number of hydrogen-bond acceptors (Lipinski definition) is 3.